The van der Waals surface area contributed by atoms with E-state index in [2.05, 4.69) is 0 Å². The van der Waals surface area contributed by atoms with Crippen LogP contribution in [0.2, 0.25) is 10.0 Å². The predicted molar refractivity (Wildman–Crippen MR) is 139 cm³/mol. The van der Waals surface area contributed by atoms with E-state index < -0.39 is 0 Å². The first-order chi connectivity index (χ1) is 16.5. The number of carbonyl (C=O) groups excluding carboxylic acids is 2. The van der Waals surface area contributed by atoms with Gasteiger partial charge >= 0.3 is 0 Å². The summed E-state index contributed by atoms with van der Waals surface area (Å²) < 4.78 is 0. The Labute approximate surface area is 209 Å². The Kier molecular flexibility index (Phi) is 7.63. The lowest BCUT2D eigenvalue weighted by molar-refractivity contribution is 0.0968. The van der Waals surface area contributed by atoms with E-state index in [-0.39, 0.29) is 11.8 Å². The van der Waals surface area contributed by atoms with E-state index in [4.69, 9.17) is 23.2 Å². The number of hydrogen-bond acceptors (Lipinski definition) is 2. The molecule has 2 amide bonds. The summed E-state index contributed by atoms with van der Waals surface area (Å²) in [6.07, 6.45) is 0. The van der Waals surface area contributed by atoms with Gasteiger partial charge in [0.05, 0.1) is 0 Å². The molecule has 0 unspecified atom stereocenters. The third-order valence-electron chi connectivity index (χ3n) is 5.36. The first-order valence-electron chi connectivity index (χ1n) is 10.8. The molecular weight excluding hydrogens is 467 g/mol. The van der Waals surface area contributed by atoms with Gasteiger partial charge in [-0.05, 0) is 72.8 Å². The number of anilines is 2. The number of halogens is 2. The van der Waals surface area contributed by atoms with E-state index in [0.29, 0.717) is 34.3 Å². The van der Waals surface area contributed by atoms with Crippen molar-refractivity contribution in [2.24, 2.45) is 0 Å². The average molecular weight is 489 g/mol. The Morgan fingerprint density at radius 2 is 0.824 bits per heavy atom. The van der Waals surface area contributed by atoms with Crippen LogP contribution in [-0.4, -0.2) is 24.9 Å². The number of nitrogens with zero attached hydrogens (tertiary/aromatic N) is 2. The number of amides is 2. The number of carbonyl (C=O) groups is 2. The zero-order valence-electron chi connectivity index (χ0n) is 18.3. The molecule has 0 saturated carbocycles. The Morgan fingerprint density at radius 3 is 1.15 bits per heavy atom. The van der Waals surface area contributed by atoms with E-state index >= 15 is 0 Å². The van der Waals surface area contributed by atoms with Crippen molar-refractivity contribution in [1.82, 2.24) is 0 Å². The van der Waals surface area contributed by atoms with Crippen LogP contribution in [-0.2, 0) is 0 Å². The molecule has 0 atom stereocenters. The van der Waals surface area contributed by atoms with Crippen LogP contribution >= 0.6 is 23.2 Å². The average Bonchev–Trinajstić information content (AvgIpc) is 2.88. The van der Waals surface area contributed by atoms with E-state index in [1.807, 2.05) is 60.7 Å². The van der Waals surface area contributed by atoms with Crippen molar-refractivity contribution in [2.75, 3.05) is 22.9 Å². The largest absolute Gasteiger partial charge is 0.307 e. The fourth-order valence-electron chi connectivity index (χ4n) is 3.61. The summed E-state index contributed by atoms with van der Waals surface area (Å²) in [5, 5.41) is 1.12. The lowest BCUT2D eigenvalue weighted by Gasteiger charge is -2.28. The first-order valence-corrected chi connectivity index (χ1v) is 11.5. The third kappa shape index (κ3) is 5.66. The van der Waals surface area contributed by atoms with Crippen molar-refractivity contribution in [1.29, 1.82) is 0 Å². The van der Waals surface area contributed by atoms with E-state index in [1.54, 1.807) is 58.3 Å². The molecule has 0 spiro atoms. The SMILES string of the molecule is O=C(c1ccc(Cl)cc1)N(CCN(C(=O)c1ccc(Cl)cc1)c1ccccc1)c1ccccc1. The van der Waals surface area contributed by atoms with Crippen molar-refractivity contribution in [3.8, 4) is 0 Å². The van der Waals surface area contributed by atoms with Crippen LogP contribution in [0.5, 0.6) is 0 Å². The van der Waals surface area contributed by atoms with Crippen LogP contribution in [0.25, 0.3) is 0 Å². The van der Waals surface area contributed by atoms with Gasteiger partial charge in [-0.3, -0.25) is 9.59 Å². The minimum absolute atomic E-state index is 0.171. The quantitative estimate of drug-likeness (QED) is 0.281. The number of hydrogen-bond donors (Lipinski definition) is 0. The second-order valence-electron chi connectivity index (χ2n) is 7.60. The highest BCUT2D eigenvalue weighted by Crippen LogP contribution is 2.22. The molecule has 0 aliphatic rings. The highest BCUT2D eigenvalue weighted by atomic mass is 35.5. The zero-order chi connectivity index (χ0) is 23.9. The number of benzene rings is 4. The van der Waals surface area contributed by atoms with Gasteiger partial charge < -0.3 is 9.80 Å². The molecule has 0 radical (unpaired) electrons. The van der Waals surface area contributed by atoms with Crippen LogP contribution in [0.3, 0.4) is 0 Å². The van der Waals surface area contributed by atoms with Gasteiger partial charge in [-0.15, -0.1) is 0 Å². The highest BCUT2D eigenvalue weighted by Gasteiger charge is 2.22. The molecule has 6 heteroatoms. The predicted octanol–water partition coefficient (Wildman–Crippen LogP) is 6.99. The number of para-hydroxylation sites is 2. The topological polar surface area (TPSA) is 40.6 Å². The lowest BCUT2D eigenvalue weighted by Crippen LogP contribution is -2.41. The molecule has 34 heavy (non-hydrogen) atoms. The van der Waals surface area contributed by atoms with Crippen LogP contribution in [0.4, 0.5) is 11.4 Å². The molecule has 0 fully saturated rings. The molecule has 4 nitrogen and oxygen atoms in total. The zero-order valence-corrected chi connectivity index (χ0v) is 19.8. The van der Waals surface area contributed by atoms with Crippen LogP contribution in [0, 0.1) is 0 Å². The Bertz CT molecular complexity index is 1140. The highest BCUT2D eigenvalue weighted by molar-refractivity contribution is 6.31. The maximum atomic E-state index is 13.4. The molecule has 4 aromatic carbocycles. The minimum Gasteiger partial charge on any atom is -0.307 e. The summed E-state index contributed by atoms with van der Waals surface area (Å²) in [4.78, 5) is 30.2. The Hall–Kier alpha value is -3.60. The molecule has 0 aromatic heterocycles. The van der Waals surface area contributed by atoms with E-state index in [9.17, 15) is 9.59 Å². The molecule has 0 N–H and O–H groups in total. The standard InChI is InChI=1S/C28H22Cl2N2O2/c29-23-15-11-21(12-16-23)27(33)31(25-7-3-1-4-8-25)19-20-32(26-9-5-2-6-10-26)28(34)22-13-17-24(30)18-14-22/h1-18H,19-20H2. The molecule has 0 aliphatic heterocycles. The van der Waals surface area contributed by atoms with Crippen molar-refractivity contribution >= 4 is 46.4 Å². The maximum Gasteiger partial charge on any atom is 0.258 e. The van der Waals surface area contributed by atoms with Gasteiger partial charge in [0.1, 0.15) is 0 Å². The van der Waals surface area contributed by atoms with Gasteiger partial charge in [0.2, 0.25) is 0 Å². The Morgan fingerprint density at radius 1 is 0.500 bits per heavy atom. The van der Waals surface area contributed by atoms with Gasteiger partial charge in [0.25, 0.3) is 11.8 Å². The molecule has 0 bridgehead atoms. The summed E-state index contributed by atoms with van der Waals surface area (Å²) >= 11 is 12.0. The van der Waals surface area contributed by atoms with E-state index in [1.165, 1.54) is 0 Å². The van der Waals surface area contributed by atoms with Crippen molar-refractivity contribution < 1.29 is 9.59 Å². The second kappa shape index (κ2) is 11.0. The maximum absolute atomic E-state index is 13.4. The molecular formula is C28H22Cl2N2O2. The minimum atomic E-state index is -0.171. The Balaban J connectivity index is 1.64. The van der Waals surface area contributed by atoms with Crippen molar-refractivity contribution in [2.45, 2.75) is 0 Å². The normalized spacial score (nSPS) is 10.5. The summed E-state index contributed by atoms with van der Waals surface area (Å²) in [6.45, 7) is 0.583. The molecule has 170 valence electrons. The van der Waals surface area contributed by atoms with E-state index in [0.717, 1.165) is 11.4 Å². The number of rotatable bonds is 7. The van der Waals surface area contributed by atoms with Crippen LogP contribution in [0.1, 0.15) is 20.7 Å². The van der Waals surface area contributed by atoms with Gasteiger partial charge in [-0.25, -0.2) is 0 Å². The second-order valence-corrected chi connectivity index (χ2v) is 8.47. The summed E-state index contributed by atoms with van der Waals surface area (Å²) in [5.74, 6) is -0.343. The van der Waals surface area contributed by atoms with Gasteiger partial charge in [0.15, 0.2) is 0 Å². The molecule has 0 heterocycles. The smallest absolute Gasteiger partial charge is 0.258 e. The summed E-state index contributed by atoms with van der Waals surface area (Å²) in [6, 6.07) is 32.4. The summed E-state index contributed by atoms with van der Waals surface area (Å²) in [5.41, 5.74) is 2.52. The van der Waals surface area contributed by atoms with Gasteiger partial charge in [0, 0.05) is 45.6 Å². The van der Waals surface area contributed by atoms with Crippen LogP contribution in [0.15, 0.2) is 109 Å². The lowest BCUT2D eigenvalue weighted by atomic mass is 10.1. The fraction of sp³-hybridized carbons (Fsp3) is 0.0714. The first kappa shape index (κ1) is 23.6. The van der Waals surface area contributed by atoms with Crippen molar-refractivity contribution in [3.63, 3.8) is 0 Å². The summed E-state index contributed by atoms with van der Waals surface area (Å²) in [7, 11) is 0. The monoisotopic (exact) mass is 488 g/mol. The molecule has 4 rings (SSSR count). The fourth-order valence-corrected chi connectivity index (χ4v) is 3.86. The molecule has 4 aromatic rings. The molecule has 0 saturated heterocycles. The van der Waals surface area contributed by atoms with Gasteiger partial charge in [-0.1, -0.05) is 59.6 Å². The van der Waals surface area contributed by atoms with Gasteiger partial charge in [-0.2, -0.15) is 0 Å². The molecule has 0 aliphatic carbocycles. The van der Waals surface area contributed by atoms with Crippen molar-refractivity contribution in [3.05, 3.63) is 130 Å². The van der Waals surface area contributed by atoms with Crippen LogP contribution < -0.4 is 9.80 Å². The third-order valence-corrected chi connectivity index (χ3v) is 5.86.